The number of allylic oxidation sites excluding steroid dienone is 2. The summed E-state index contributed by atoms with van der Waals surface area (Å²) in [6.07, 6.45) is 12.9. The molecule has 15 heavy (non-hydrogen) atoms. The molecule has 0 aliphatic heterocycles. The van der Waals surface area contributed by atoms with Crippen molar-refractivity contribution >= 4 is 12.6 Å². The van der Waals surface area contributed by atoms with E-state index in [1.54, 1.807) is 6.08 Å². The van der Waals surface area contributed by atoms with Crippen LogP contribution in [0.5, 0.6) is 0 Å². The Labute approximate surface area is 93.8 Å². The first-order chi connectivity index (χ1) is 7.33. The molecular weight excluding hydrogens is 188 g/mol. The van der Waals surface area contributed by atoms with E-state index in [9.17, 15) is 9.59 Å². The average molecular weight is 212 g/mol. The number of carbonyl (C=O) groups excluding carboxylic acids is 2. The molecule has 0 radical (unpaired) electrons. The van der Waals surface area contributed by atoms with Gasteiger partial charge in [0.05, 0.1) is 0 Å². The van der Waals surface area contributed by atoms with Crippen molar-refractivity contribution < 1.29 is 9.59 Å². The molecule has 0 aromatic heterocycles. The normalized spacial score (nSPS) is 9.47. The van der Waals surface area contributed by atoms with E-state index in [0.29, 0.717) is 0 Å². The predicted octanol–water partition coefficient (Wildman–Crippen LogP) is 3.70. The van der Waals surface area contributed by atoms with Crippen LogP contribution in [0.1, 0.15) is 58.8 Å². The molecule has 0 aliphatic carbocycles. The minimum Gasteiger partial charge on any atom is -0.303 e. The quantitative estimate of drug-likeness (QED) is 0.349. The van der Waals surface area contributed by atoms with Crippen molar-refractivity contribution in [2.24, 2.45) is 0 Å². The maximum absolute atomic E-state index is 9.68. The van der Waals surface area contributed by atoms with E-state index < -0.39 is 0 Å². The van der Waals surface area contributed by atoms with Crippen molar-refractivity contribution in [2.45, 2.75) is 58.8 Å². The Kier molecular flexibility index (Phi) is 20.7. The van der Waals surface area contributed by atoms with E-state index in [1.807, 2.05) is 6.08 Å². The van der Waals surface area contributed by atoms with Gasteiger partial charge in [-0.1, -0.05) is 45.6 Å². The van der Waals surface area contributed by atoms with Crippen LogP contribution in [-0.4, -0.2) is 12.6 Å². The van der Waals surface area contributed by atoms with Crippen molar-refractivity contribution in [3.8, 4) is 0 Å². The van der Waals surface area contributed by atoms with Crippen LogP contribution >= 0.6 is 0 Å². The lowest BCUT2D eigenvalue weighted by Crippen LogP contribution is -1.73. The van der Waals surface area contributed by atoms with Gasteiger partial charge in [-0.15, -0.1) is 0 Å². The van der Waals surface area contributed by atoms with E-state index in [2.05, 4.69) is 13.8 Å². The summed E-state index contributed by atoms with van der Waals surface area (Å²) in [6.45, 7) is 4.26. The summed E-state index contributed by atoms with van der Waals surface area (Å²) in [4.78, 5) is 19.4. The van der Waals surface area contributed by atoms with E-state index in [1.165, 1.54) is 25.7 Å². The zero-order chi connectivity index (χ0) is 11.8. The zero-order valence-corrected chi connectivity index (χ0v) is 10.1. The van der Waals surface area contributed by atoms with Crippen LogP contribution < -0.4 is 0 Å². The third-order valence-electron chi connectivity index (χ3n) is 1.86. The Balaban J connectivity index is 0. The van der Waals surface area contributed by atoms with Crippen molar-refractivity contribution in [3.63, 3.8) is 0 Å². The molecule has 0 atom stereocenters. The third kappa shape index (κ3) is 24.6. The van der Waals surface area contributed by atoms with Crippen LogP contribution in [0.4, 0.5) is 0 Å². The Morgan fingerprint density at radius 3 is 2.00 bits per heavy atom. The van der Waals surface area contributed by atoms with Crippen LogP contribution in [0.2, 0.25) is 0 Å². The van der Waals surface area contributed by atoms with Crippen molar-refractivity contribution in [3.05, 3.63) is 12.2 Å². The lowest BCUT2D eigenvalue weighted by Gasteiger charge is -1.85. The minimum absolute atomic E-state index is 0.744. The Hall–Kier alpha value is -0.920. The fourth-order valence-electron chi connectivity index (χ4n) is 0.951. The lowest BCUT2D eigenvalue weighted by molar-refractivity contribution is -0.108. The second-order valence-electron chi connectivity index (χ2n) is 3.37. The second-order valence-corrected chi connectivity index (χ2v) is 3.37. The molecule has 0 saturated carbocycles. The summed E-state index contributed by atoms with van der Waals surface area (Å²) in [7, 11) is 0. The average Bonchev–Trinajstić information content (AvgIpc) is 2.26. The van der Waals surface area contributed by atoms with Gasteiger partial charge in [-0.25, -0.2) is 0 Å². The molecule has 2 heteroatoms. The van der Waals surface area contributed by atoms with Gasteiger partial charge in [0.15, 0.2) is 0 Å². The molecule has 0 aromatic carbocycles. The van der Waals surface area contributed by atoms with E-state index in [-0.39, 0.29) is 0 Å². The highest BCUT2D eigenvalue weighted by Crippen LogP contribution is 1.94. The summed E-state index contributed by atoms with van der Waals surface area (Å²) in [5.74, 6) is 0. The molecule has 0 rings (SSSR count). The van der Waals surface area contributed by atoms with Gasteiger partial charge in [-0.2, -0.15) is 0 Å². The van der Waals surface area contributed by atoms with Gasteiger partial charge in [0.1, 0.15) is 12.6 Å². The maximum atomic E-state index is 9.68. The van der Waals surface area contributed by atoms with Crippen molar-refractivity contribution in [1.29, 1.82) is 0 Å². The highest BCUT2D eigenvalue weighted by Gasteiger charge is 1.80. The van der Waals surface area contributed by atoms with E-state index >= 15 is 0 Å². The third-order valence-corrected chi connectivity index (χ3v) is 1.86. The summed E-state index contributed by atoms with van der Waals surface area (Å²) in [5, 5.41) is 0. The summed E-state index contributed by atoms with van der Waals surface area (Å²) < 4.78 is 0. The van der Waals surface area contributed by atoms with Gasteiger partial charge in [0, 0.05) is 6.42 Å². The summed E-state index contributed by atoms with van der Waals surface area (Å²) >= 11 is 0. The minimum atomic E-state index is 0.744. The SMILES string of the molecule is CCCCC=CC=O.CCCCCC=O. The number of hydrogen-bond donors (Lipinski definition) is 0. The van der Waals surface area contributed by atoms with Crippen LogP contribution in [0.25, 0.3) is 0 Å². The Morgan fingerprint density at radius 2 is 1.53 bits per heavy atom. The number of hydrogen-bond acceptors (Lipinski definition) is 2. The highest BCUT2D eigenvalue weighted by atomic mass is 16.1. The molecule has 0 unspecified atom stereocenters. The first-order valence-electron chi connectivity index (χ1n) is 5.87. The monoisotopic (exact) mass is 212 g/mol. The van der Waals surface area contributed by atoms with Crippen molar-refractivity contribution in [2.75, 3.05) is 0 Å². The topological polar surface area (TPSA) is 34.1 Å². The number of aldehydes is 2. The molecule has 2 nitrogen and oxygen atoms in total. The lowest BCUT2D eigenvalue weighted by atomic mass is 10.2. The van der Waals surface area contributed by atoms with Gasteiger partial charge in [-0.3, -0.25) is 4.79 Å². The fraction of sp³-hybridized carbons (Fsp3) is 0.692. The van der Waals surface area contributed by atoms with E-state index in [0.717, 1.165) is 31.8 Å². The maximum Gasteiger partial charge on any atom is 0.142 e. The number of unbranched alkanes of at least 4 members (excludes halogenated alkanes) is 5. The molecule has 0 N–H and O–H groups in total. The second kappa shape index (κ2) is 18.8. The molecule has 0 aromatic rings. The first-order valence-corrected chi connectivity index (χ1v) is 5.87. The van der Waals surface area contributed by atoms with Crippen LogP contribution in [0, 0.1) is 0 Å². The van der Waals surface area contributed by atoms with Gasteiger partial charge in [0.25, 0.3) is 0 Å². The standard InChI is InChI=1S/C7H12O.C6H12O/c1-2-3-4-5-6-7-8;1-2-3-4-5-6-7/h5-7H,2-4H2,1H3;6H,2-5H2,1H3. The highest BCUT2D eigenvalue weighted by molar-refractivity contribution is 5.64. The summed E-state index contributed by atoms with van der Waals surface area (Å²) in [5.41, 5.74) is 0. The largest absolute Gasteiger partial charge is 0.303 e. The molecule has 0 saturated heterocycles. The zero-order valence-electron chi connectivity index (χ0n) is 10.1. The molecular formula is C13H24O2. The summed E-state index contributed by atoms with van der Waals surface area (Å²) in [6, 6.07) is 0. The molecule has 0 bridgehead atoms. The van der Waals surface area contributed by atoms with Gasteiger partial charge in [0.2, 0.25) is 0 Å². The Morgan fingerprint density at radius 1 is 0.867 bits per heavy atom. The Bertz CT molecular complexity index is 151. The molecule has 0 fully saturated rings. The van der Waals surface area contributed by atoms with Crippen LogP contribution in [0.3, 0.4) is 0 Å². The van der Waals surface area contributed by atoms with Gasteiger partial charge >= 0.3 is 0 Å². The first kappa shape index (κ1) is 16.5. The van der Waals surface area contributed by atoms with Crippen molar-refractivity contribution in [1.82, 2.24) is 0 Å². The number of carbonyl (C=O) groups is 2. The molecule has 0 heterocycles. The smallest absolute Gasteiger partial charge is 0.142 e. The fourth-order valence-corrected chi connectivity index (χ4v) is 0.951. The van der Waals surface area contributed by atoms with Gasteiger partial charge < -0.3 is 4.79 Å². The molecule has 0 spiro atoms. The van der Waals surface area contributed by atoms with Crippen LogP contribution in [0.15, 0.2) is 12.2 Å². The molecule has 0 amide bonds. The van der Waals surface area contributed by atoms with Crippen LogP contribution in [-0.2, 0) is 9.59 Å². The predicted molar refractivity (Wildman–Crippen MR) is 64.9 cm³/mol. The number of rotatable bonds is 8. The molecule has 0 aliphatic rings. The molecule has 88 valence electrons. The van der Waals surface area contributed by atoms with Gasteiger partial charge in [-0.05, 0) is 18.9 Å². The van der Waals surface area contributed by atoms with E-state index in [4.69, 9.17) is 0 Å².